The molecule has 88 valence electrons. The Hall–Kier alpha value is -0.640. The summed E-state index contributed by atoms with van der Waals surface area (Å²) in [6.45, 7) is 0.681. The lowest BCUT2D eigenvalue weighted by atomic mass is 9.89. The SMILES string of the molecule is COC1CC(NCc2ccc(F)cc2Cl)C1. The van der Waals surface area contributed by atoms with Crippen LogP contribution in [0, 0.1) is 5.82 Å². The van der Waals surface area contributed by atoms with Crippen LogP contribution in [0.25, 0.3) is 0 Å². The molecule has 16 heavy (non-hydrogen) atoms. The first-order valence-corrected chi connectivity index (χ1v) is 5.77. The molecule has 0 radical (unpaired) electrons. The van der Waals surface area contributed by atoms with Crippen LogP contribution in [-0.2, 0) is 11.3 Å². The summed E-state index contributed by atoms with van der Waals surface area (Å²) in [6.07, 6.45) is 2.46. The van der Waals surface area contributed by atoms with Crippen LogP contribution in [0.15, 0.2) is 18.2 Å². The molecule has 1 aliphatic rings. The number of rotatable bonds is 4. The van der Waals surface area contributed by atoms with Gasteiger partial charge in [-0.1, -0.05) is 17.7 Å². The second kappa shape index (κ2) is 5.13. The molecular weight excluding hydrogens is 229 g/mol. The molecule has 4 heteroatoms. The number of hydrogen-bond acceptors (Lipinski definition) is 2. The molecule has 2 nitrogen and oxygen atoms in total. The molecule has 1 N–H and O–H groups in total. The van der Waals surface area contributed by atoms with Crippen molar-refractivity contribution in [2.24, 2.45) is 0 Å². The molecule has 0 atom stereocenters. The summed E-state index contributed by atoms with van der Waals surface area (Å²) < 4.78 is 18.0. The Labute approximate surface area is 99.7 Å². The van der Waals surface area contributed by atoms with Crippen molar-refractivity contribution < 1.29 is 9.13 Å². The second-order valence-corrected chi connectivity index (χ2v) is 4.55. The summed E-state index contributed by atoms with van der Waals surface area (Å²) in [5, 5.41) is 3.85. The Morgan fingerprint density at radius 2 is 2.25 bits per heavy atom. The second-order valence-electron chi connectivity index (χ2n) is 4.14. The van der Waals surface area contributed by atoms with Gasteiger partial charge in [-0.25, -0.2) is 4.39 Å². The molecule has 0 spiro atoms. The smallest absolute Gasteiger partial charge is 0.124 e. The Bertz CT molecular complexity index is 366. The minimum Gasteiger partial charge on any atom is -0.381 e. The van der Waals surface area contributed by atoms with Gasteiger partial charge in [-0.15, -0.1) is 0 Å². The lowest BCUT2D eigenvalue weighted by Gasteiger charge is -2.34. The van der Waals surface area contributed by atoms with Crippen molar-refractivity contribution >= 4 is 11.6 Å². The van der Waals surface area contributed by atoms with Crippen LogP contribution >= 0.6 is 11.6 Å². The summed E-state index contributed by atoms with van der Waals surface area (Å²) in [6, 6.07) is 4.99. The van der Waals surface area contributed by atoms with Gasteiger partial charge < -0.3 is 10.1 Å². The summed E-state index contributed by atoms with van der Waals surface area (Å²) in [4.78, 5) is 0. The molecular formula is C12H15ClFNO. The van der Waals surface area contributed by atoms with Gasteiger partial charge in [0.1, 0.15) is 5.82 Å². The quantitative estimate of drug-likeness (QED) is 0.878. The van der Waals surface area contributed by atoms with Crippen LogP contribution in [-0.4, -0.2) is 19.3 Å². The van der Waals surface area contributed by atoms with E-state index >= 15 is 0 Å². The molecule has 0 saturated heterocycles. The fourth-order valence-corrected chi connectivity index (χ4v) is 2.08. The number of methoxy groups -OCH3 is 1. The van der Waals surface area contributed by atoms with E-state index in [0.29, 0.717) is 23.7 Å². The van der Waals surface area contributed by atoms with E-state index in [4.69, 9.17) is 16.3 Å². The normalized spacial score (nSPS) is 24.2. The Morgan fingerprint density at radius 3 is 2.88 bits per heavy atom. The predicted molar refractivity (Wildman–Crippen MR) is 62.1 cm³/mol. The van der Waals surface area contributed by atoms with Crippen LogP contribution < -0.4 is 5.32 Å². The first-order valence-electron chi connectivity index (χ1n) is 5.39. The predicted octanol–water partition coefficient (Wildman–Crippen LogP) is 2.75. The average Bonchev–Trinajstić information content (AvgIpc) is 2.18. The Balaban J connectivity index is 1.82. The van der Waals surface area contributed by atoms with Crippen molar-refractivity contribution in [3.05, 3.63) is 34.6 Å². The third-order valence-corrected chi connectivity index (χ3v) is 3.38. The molecule has 1 fully saturated rings. The first-order chi connectivity index (χ1) is 7.69. The zero-order valence-corrected chi connectivity index (χ0v) is 9.93. The van der Waals surface area contributed by atoms with Gasteiger partial charge in [-0.3, -0.25) is 0 Å². The van der Waals surface area contributed by atoms with E-state index in [1.807, 2.05) is 0 Å². The molecule has 1 aliphatic carbocycles. The van der Waals surface area contributed by atoms with Crippen molar-refractivity contribution in [1.82, 2.24) is 5.32 Å². The van der Waals surface area contributed by atoms with E-state index in [9.17, 15) is 4.39 Å². The van der Waals surface area contributed by atoms with E-state index in [-0.39, 0.29) is 5.82 Å². The van der Waals surface area contributed by atoms with Gasteiger partial charge in [-0.2, -0.15) is 0 Å². The van der Waals surface area contributed by atoms with Crippen molar-refractivity contribution in [2.45, 2.75) is 31.5 Å². The van der Waals surface area contributed by atoms with Crippen LogP contribution in [0.3, 0.4) is 0 Å². The highest BCUT2D eigenvalue weighted by atomic mass is 35.5. The lowest BCUT2D eigenvalue weighted by molar-refractivity contribution is 0.0170. The van der Waals surface area contributed by atoms with Crippen molar-refractivity contribution in [2.75, 3.05) is 7.11 Å². The van der Waals surface area contributed by atoms with Gasteiger partial charge in [-0.05, 0) is 30.5 Å². The minimum absolute atomic E-state index is 0.295. The van der Waals surface area contributed by atoms with Crippen LogP contribution in [0.4, 0.5) is 4.39 Å². The van der Waals surface area contributed by atoms with Crippen molar-refractivity contribution in [3.63, 3.8) is 0 Å². The average molecular weight is 244 g/mol. The molecule has 2 rings (SSSR count). The van der Waals surface area contributed by atoms with Gasteiger partial charge in [0, 0.05) is 24.7 Å². The van der Waals surface area contributed by atoms with Crippen molar-refractivity contribution in [3.8, 4) is 0 Å². The van der Waals surface area contributed by atoms with Crippen LogP contribution in [0.1, 0.15) is 18.4 Å². The number of halogens is 2. The van der Waals surface area contributed by atoms with E-state index in [1.165, 1.54) is 12.1 Å². The molecule has 1 saturated carbocycles. The Morgan fingerprint density at radius 1 is 1.50 bits per heavy atom. The summed E-state index contributed by atoms with van der Waals surface area (Å²) in [7, 11) is 1.73. The Kier molecular flexibility index (Phi) is 3.79. The highest BCUT2D eigenvalue weighted by Crippen LogP contribution is 2.24. The summed E-state index contributed by atoms with van der Waals surface area (Å²) in [5.74, 6) is -0.295. The molecule has 0 bridgehead atoms. The van der Waals surface area contributed by atoms with Crippen LogP contribution in [0.5, 0.6) is 0 Å². The van der Waals surface area contributed by atoms with E-state index < -0.39 is 0 Å². The zero-order valence-electron chi connectivity index (χ0n) is 9.17. The molecule has 0 unspecified atom stereocenters. The third kappa shape index (κ3) is 2.73. The maximum atomic E-state index is 12.8. The molecule has 0 heterocycles. The number of hydrogen-bond donors (Lipinski definition) is 1. The third-order valence-electron chi connectivity index (χ3n) is 3.02. The summed E-state index contributed by atoms with van der Waals surface area (Å²) >= 11 is 5.93. The number of benzene rings is 1. The fourth-order valence-electron chi connectivity index (χ4n) is 1.84. The molecule has 0 aromatic heterocycles. The number of nitrogens with one attached hydrogen (secondary N) is 1. The molecule has 1 aromatic carbocycles. The van der Waals surface area contributed by atoms with Gasteiger partial charge in [0.25, 0.3) is 0 Å². The zero-order chi connectivity index (χ0) is 11.5. The summed E-state index contributed by atoms with van der Waals surface area (Å²) in [5.41, 5.74) is 0.934. The molecule has 0 aliphatic heterocycles. The molecule has 0 amide bonds. The fraction of sp³-hybridized carbons (Fsp3) is 0.500. The standard InChI is InChI=1S/C12H15ClFNO/c1-16-11-5-10(6-11)15-7-8-2-3-9(14)4-12(8)13/h2-4,10-11,15H,5-7H2,1H3. The van der Waals surface area contributed by atoms with E-state index in [1.54, 1.807) is 13.2 Å². The lowest BCUT2D eigenvalue weighted by Crippen LogP contribution is -2.44. The topological polar surface area (TPSA) is 21.3 Å². The maximum absolute atomic E-state index is 12.8. The van der Waals surface area contributed by atoms with Gasteiger partial charge in [0.15, 0.2) is 0 Å². The van der Waals surface area contributed by atoms with E-state index in [0.717, 1.165) is 18.4 Å². The molecule has 1 aromatic rings. The van der Waals surface area contributed by atoms with Gasteiger partial charge in [0.05, 0.1) is 6.10 Å². The number of ether oxygens (including phenoxy) is 1. The van der Waals surface area contributed by atoms with Gasteiger partial charge in [0.2, 0.25) is 0 Å². The maximum Gasteiger partial charge on any atom is 0.124 e. The first kappa shape index (κ1) is 11.8. The largest absolute Gasteiger partial charge is 0.381 e. The van der Waals surface area contributed by atoms with E-state index in [2.05, 4.69) is 5.32 Å². The highest BCUT2D eigenvalue weighted by molar-refractivity contribution is 6.31. The monoisotopic (exact) mass is 243 g/mol. The van der Waals surface area contributed by atoms with Gasteiger partial charge >= 0.3 is 0 Å². The minimum atomic E-state index is -0.295. The van der Waals surface area contributed by atoms with Crippen molar-refractivity contribution in [1.29, 1.82) is 0 Å². The highest BCUT2D eigenvalue weighted by Gasteiger charge is 2.28. The van der Waals surface area contributed by atoms with Crippen LogP contribution in [0.2, 0.25) is 5.02 Å².